The number of rotatable bonds is 4. The van der Waals surface area contributed by atoms with E-state index < -0.39 is 17.1 Å². The molecular formula is C30H31NO3S2. The number of hydrogen-bond donors (Lipinski definition) is 1. The van der Waals surface area contributed by atoms with Crippen LogP contribution in [0.2, 0.25) is 0 Å². The Morgan fingerprint density at radius 3 is 2.36 bits per heavy atom. The maximum atomic E-state index is 14.6. The molecule has 0 amide bonds. The van der Waals surface area contributed by atoms with Crippen molar-refractivity contribution >= 4 is 40.9 Å². The van der Waals surface area contributed by atoms with E-state index in [0.29, 0.717) is 11.5 Å². The van der Waals surface area contributed by atoms with E-state index in [2.05, 4.69) is 11.4 Å². The van der Waals surface area contributed by atoms with E-state index in [1.807, 2.05) is 99.0 Å². The summed E-state index contributed by atoms with van der Waals surface area (Å²) in [6.45, 7) is 5.64. The van der Waals surface area contributed by atoms with Gasteiger partial charge in [0.25, 0.3) is 0 Å². The van der Waals surface area contributed by atoms with Gasteiger partial charge in [0.1, 0.15) is 11.6 Å². The van der Waals surface area contributed by atoms with Crippen LogP contribution in [0.3, 0.4) is 0 Å². The Bertz CT molecular complexity index is 1250. The van der Waals surface area contributed by atoms with Gasteiger partial charge in [-0.15, -0.1) is 11.3 Å². The minimum absolute atomic E-state index is 0.121. The lowest BCUT2D eigenvalue weighted by Gasteiger charge is -2.42. The summed E-state index contributed by atoms with van der Waals surface area (Å²) in [4.78, 5) is 29.3. The molecule has 6 heteroatoms. The van der Waals surface area contributed by atoms with E-state index in [0.717, 1.165) is 21.6 Å². The zero-order valence-corrected chi connectivity index (χ0v) is 22.4. The molecule has 2 aliphatic rings. The molecule has 0 radical (unpaired) electrons. The molecule has 3 heterocycles. The van der Waals surface area contributed by atoms with Gasteiger partial charge in [0, 0.05) is 27.9 Å². The molecule has 0 saturated carbocycles. The Morgan fingerprint density at radius 1 is 1.03 bits per heavy atom. The quantitative estimate of drug-likeness (QED) is 0.326. The zero-order valence-electron chi connectivity index (χ0n) is 20.8. The number of hydrogen-bond acceptors (Lipinski definition) is 6. The van der Waals surface area contributed by atoms with Crippen molar-refractivity contribution in [3.8, 4) is 0 Å². The molecule has 2 saturated heterocycles. The van der Waals surface area contributed by atoms with E-state index in [1.165, 1.54) is 0 Å². The number of Topliss-reactive ketones (excluding diaryl/α,β-unsaturated/α-hetero) is 1. The van der Waals surface area contributed by atoms with Crippen molar-refractivity contribution in [3.63, 3.8) is 0 Å². The highest BCUT2D eigenvalue weighted by Gasteiger charge is 2.64. The molecule has 0 aliphatic carbocycles. The number of benzene rings is 2. The Hall–Kier alpha value is -2.67. The Labute approximate surface area is 221 Å². The van der Waals surface area contributed by atoms with E-state index in [4.69, 9.17) is 4.74 Å². The van der Waals surface area contributed by atoms with E-state index in [1.54, 1.807) is 23.1 Å². The van der Waals surface area contributed by atoms with E-state index in [9.17, 15) is 9.59 Å². The lowest BCUT2D eigenvalue weighted by molar-refractivity contribution is -0.157. The average molecular weight is 518 g/mol. The van der Waals surface area contributed by atoms with Gasteiger partial charge in [-0.2, -0.15) is 11.8 Å². The Balaban J connectivity index is 1.67. The summed E-state index contributed by atoms with van der Waals surface area (Å²) in [6.07, 6.45) is 2.02. The van der Waals surface area contributed by atoms with Gasteiger partial charge in [0.05, 0.1) is 11.5 Å². The number of ketones is 1. The third-order valence-corrected chi connectivity index (χ3v) is 8.98. The first kappa shape index (κ1) is 25.0. The number of thiophene rings is 1. The second-order valence-corrected chi connectivity index (χ2v) is 12.4. The lowest BCUT2D eigenvalue weighted by Crippen LogP contribution is -2.47. The van der Waals surface area contributed by atoms with Crippen LogP contribution in [0.1, 0.15) is 48.7 Å². The van der Waals surface area contributed by atoms with Gasteiger partial charge in [-0.05, 0) is 49.4 Å². The molecule has 4 unspecified atom stereocenters. The van der Waals surface area contributed by atoms with Crippen LogP contribution in [-0.2, 0) is 14.3 Å². The monoisotopic (exact) mass is 517 g/mol. The molecule has 186 valence electrons. The standard InChI is InChI=1S/C30H31NO3S2/c1-29(2,3)34-28(33)25-24(21-13-8-5-9-14-21)30(26(31-25)23-15-10-16-36-23)19-35-18-22(27(30)32)17-20-11-6-4-7-12-20/h4-17,24-26,31H,18-19H2,1-3H3/b22-17+. The molecule has 3 aromatic rings. The molecule has 5 rings (SSSR count). The normalized spacial score (nSPS) is 27.5. The van der Waals surface area contributed by atoms with Crippen LogP contribution in [-0.4, -0.2) is 34.9 Å². The van der Waals surface area contributed by atoms with Crippen molar-refractivity contribution in [2.45, 2.75) is 44.4 Å². The number of carbonyl (C=O) groups is 2. The highest BCUT2D eigenvalue weighted by Crippen LogP contribution is 2.59. The van der Waals surface area contributed by atoms with Crippen molar-refractivity contribution in [3.05, 3.63) is 99.8 Å². The zero-order chi connectivity index (χ0) is 25.3. The fourth-order valence-electron chi connectivity index (χ4n) is 5.48. The van der Waals surface area contributed by atoms with E-state index >= 15 is 0 Å². The van der Waals surface area contributed by atoms with Gasteiger partial charge in [0.2, 0.25) is 0 Å². The Morgan fingerprint density at radius 2 is 1.72 bits per heavy atom. The van der Waals surface area contributed by atoms with Crippen molar-refractivity contribution in [1.82, 2.24) is 5.32 Å². The third kappa shape index (κ3) is 4.70. The molecule has 2 aliphatic heterocycles. The minimum atomic E-state index is -0.822. The van der Waals surface area contributed by atoms with Gasteiger partial charge < -0.3 is 4.74 Å². The van der Waals surface area contributed by atoms with Gasteiger partial charge in [-0.1, -0.05) is 66.7 Å². The van der Waals surface area contributed by atoms with Crippen molar-refractivity contribution in [2.24, 2.45) is 5.41 Å². The first-order valence-electron chi connectivity index (χ1n) is 12.2. The van der Waals surface area contributed by atoms with Gasteiger partial charge in [-0.3, -0.25) is 14.9 Å². The Kier molecular flexibility index (Phi) is 6.95. The van der Waals surface area contributed by atoms with Gasteiger partial charge in [0.15, 0.2) is 5.78 Å². The summed E-state index contributed by atoms with van der Waals surface area (Å²) in [5.41, 5.74) is 1.34. The maximum absolute atomic E-state index is 14.6. The summed E-state index contributed by atoms with van der Waals surface area (Å²) in [5.74, 6) is 0.736. The average Bonchev–Trinajstić information content (AvgIpc) is 3.49. The molecule has 2 fully saturated rings. The molecule has 0 bridgehead atoms. The van der Waals surface area contributed by atoms with Crippen LogP contribution in [0.25, 0.3) is 6.08 Å². The minimum Gasteiger partial charge on any atom is -0.459 e. The molecule has 1 N–H and O–H groups in total. The predicted molar refractivity (Wildman–Crippen MR) is 148 cm³/mol. The second-order valence-electron chi connectivity index (χ2n) is 10.5. The maximum Gasteiger partial charge on any atom is 0.324 e. The fourth-order valence-corrected chi connectivity index (χ4v) is 7.71. The lowest BCUT2D eigenvalue weighted by atomic mass is 9.64. The van der Waals surface area contributed by atoms with Gasteiger partial charge in [-0.25, -0.2) is 0 Å². The van der Waals surface area contributed by atoms with E-state index in [-0.39, 0.29) is 23.7 Å². The van der Waals surface area contributed by atoms with Crippen LogP contribution < -0.4 is 5.32 Å². The number of carbonyl (C=O) groups excluding carboxylic acids is 2. The summed E-state index contributed by atoms with van der Waals surface area (Å²) >= 11 is 3.40. The number of esters is 1. The number of ether oxygens (including phenoxy) is 1. The van der Waals surface area contributed by atoms with Crippen molar-refractivity contribution in [2.75, 3.05) is 11.5 Å². The summed E-state index contributed by atoms with van der Waals surface area (Å²) in [7, 11) is 0. The largest absolute Gasteiger partial charge is 0.459 e. The number of nitrogens with one attached hydrogen (secondary N) is 1. The molecule has 2 aromatic carbocycles. The SMILES string of the molecule is CC(C)(C)OC(=O)C1NC(c2cccs2)C2(CSC/C(=C\c3ccccc3)C2=O)C1c1ccccc1. The highest BCUT2D eigenvalue weighted by atomic mass is 32.2. The van der Waals surface area contributed by atoms with Crippen molar-refractivity contribution in [1.29, 1.82) is 0 Å². The van der Waals surface area contributed by atoms with Crippen molar-refractivity contribution < 1.29 is 14.3 Å². The van der Waals surface area contributed by atoms with Crippen LogP contribution in [0.15, 0.2) is 83.7 Å². The smallest absolute Gasteiger partial charge is 0.324 e. The molecule has 1 spiro atoms. The highest BCUT2D eigenvalue weighted by molar-refractivity contribution is 7.99. The third-order valence-electron chi connectivity index (χ3n) is 6.85. The first-order valence-corrected chi connectivity index (χ1v) is 14.3. The number of thioether (sulfide) groups is 1. The molecular weight excluding hydrogens is 486 g/mol. The van der Waals surface area contributed by atoms with Crippen LogP contribution >= 0.6 is 23.1 Å². The molecule has 4 nitrogen and oxygen atoms in total. The summed E-state index contributed by atoms with van der Waals surface area (Å²) in [5, 5.41) is 5.65. The van der Waals surface area contributed by atoms with Crippen LogP contribution in [0.5, 0.6) is 0 Å². The second kappa shape index (κ2) is 10.0. The first-order chi connectivity index (χ1) is 17.3. The predicted octanol–water partition coefficient (Wildman–Crippen LogP) is 6.27. The topological polar surface area (TPSA) is 55.4 Å². The fraction of sp³-hybridized carbons (Fsp3) is 0.333. The summed E-state index contributed by atoms with van der Waals surface area (Å²) in [6, 6.07) is 23.1. The summed E-state index contributed by atoms with van der Waals surface area (Å²) < 4.78 is 5.90. The molecule has 36 heavy (non-hydrogen) atoms. The van der Waals surface area contributed by atoms with Crippen LogP contribution in [0.4, 0.5) is 0 Å². The molecule has 1 aromatic heterocycles. The van der Waals surface area contributed by atoms with Crippen LogP contribution in [0, 0.1) is 5.41 Å². The van der Waals surface area contributed by atoms with Gasteiger partial charge >= 0.3 is 5.97 Å². The molecule has 4 atom stereocenters.